The van der Waals surface area contributed by atoms with Gasteiger partial charge in [-0.25, -0.2) is 4.98 Å². The van der Waals surface area contributed by atoms with Crippen molar-refractivity contribution < 1.29 is 4.79 Å². The number of piperazine rings is 1. The molecule has 0 radical (unpaired) electrons. The van der Waals surface area contributed by atoms with Gasteiger partial charge in [0.25, 0.3) is 0 Å². The molecule has 0 spiro atoms. The van der Waals surface area contributed by atoms with Crippen molar-refractivity contribution in [2.24, 2.45) is 0 Å². The highest BCUT2D eigenvalue weighted by Gasteiger charge is 2.21. The standard InChI is InChI=1S/C15H18N4O/c20-15(11-13-4-6-16-12-13)19-9-7-18(8-10-19)14-3-1-2-5-17-14/h1-6,12,16H,7-11H2. The molecule has 5 heteroatoms. The molecule has 3 heterocycles. The normalized spacial score (nSPS) is 15.4. The SMILES string of the molecule is O=C(Cc1cc[nH]c1)N1CCN(c2ccccn2)CC1. The maximum absolute atomic E-state index is 12.2. The van der Waals surface area contributed by atoms with Crippen LogP contribution in [-0.4, -0.2) is 47.0 Å². The predicted molar refractivity (Wildman–Crippen MR) is 77.5 cm³/mol. The number of carbonyl (C=O) groups is 1. The first kappa shape index (κ1) is 12.7. The van der Waals surface area contributed by atoms with Gasteiger partial charge in [0.05, 0.1) is 6.42 Å². The van der Waals surface area contributed by atoms with Crippen molar-refractivity contribution in [2.75, 3.05) is 31.1 Å². The summed E-state index contributed by atoms with van der Waals surface area (Å²) in [5.41, 5.74) is 1.04. The van der Waals surface area contributed by atoms with Crippen LogP contribution in [0.2, 0.25) is 0 Å². The van der Waals surface area contributed by atoms with E-state index in [0.717, 1.165) is 37.6 Å². The lowest BCUT2D eigenvalue weighted by Crippen LogP contribution is -2.49. The van der Waals surface area contributed by atoms with Gasteiger partial charge in [0.2, 0.25) is 5.91 Å². The minimum absolute atomic E-state index is 0.199. The van der Waals surface area contributed by atoms with Crippen LogP contribution in [-0.2, 0) is 11.2 Å². The summed E-state index contributed by atoms with van der Waals surface area (Å²) in [6.07, 6.45) is 6.01. The van der Waals surface area contributed by atoms with E-state index in [-0.39, 0.29) is 5.91 Å². The summed E-state index contributed by atoms with van der Waals surface area (Å²) in [6, 6.07) is 7.87. The van der Waals surface area contributed by atoms with Crippen molar-refractivity contribution in [3.63, 3.8) is 0 Å². The molecule has 3 rings (SSSR count). The Morgan fingerprint density at radius 2 is 2.05 bits per heavy atom. The number of pyridine rings is 1. The van der Waals surface area contributed by atoms with E-state index in [9.17, 15) is 4.79 Å². The monoisotopic (exact) mass is 270 g/mol. The Morgan fingerprint density at radius 3 is 2.70 bits per heavy atom. The van der Waals surface area contributed by atoms with Crippen LogP contribution in [0.15, 0.2) is 42.9 Å². The first-order valence-electron chi connectivity index (χ1n) is 6.88. The number of hydrogen-bond donors (Lipinski definition) is 1. The summed E-state index contributed by atoms with van der Waals surface area (Å²) in [6.45, 7) is 3.21. The van der Waals surface area contributed by atoms with Gasteiger partial charge in [0.1, 0.15) is 5.82 Å². The van der Waals surface area contributed by atoms with Gasteiger partial charge >= 0.3 is 0 Å². The molecule has 1 N–H and O–H groups in total. The molecule has 1 fully saturated rings. The molecule has 0 atom stereocenters. The van der Waals surface area contributed by atoms with E-state index < -0.39 is 0 Å². The van der Waals surface area contributed by atoms with E-state index in [1.807, 2.05) is 41.6 Å². The molecule has 0 aliphatic carbocycles. The summed E-state index contributed by atoms with van der Waals surface area (Å²) in [7, 11) is 0. The largest absolute Gasteiger partial charge is 0.367 e. The maximum atomic E-state index is 12.2. The van der Waals surface area contributed by atoms with Crippen molar-refractivity contribution in [3.8, 4) is 0 Å². The Bertz CT molecular complexity index is 545. The molecule has 2 aromatic heterocycles. The number of carbonyl (C=O) groups excluding carboxylic acids is 1. The van der Waals surface area contributed by atoms with E-state index in [2.05, 4.69) is 14.9 Å². The number of nitrogens with zero attached hydrogens (tertiary/aromatic N) is 3. The van der Waals surface area contributed by atoms with Crippen LogP contribution in [0.25, 0.3) is 0 Å². The Hall–Kier alpha value is -2.30. The first-order chi connectivity index (χ1) is 9.83. The number of aromatic nitrogens is 2. The average molecular weight is 270 g/mol. The number of hydrogen-bond acceptors (Lipinski definition) is 3. The van der Waals surface area contributed by atoms with E-state index in [4.69, 9.17) is 0 Å². The second kappa shape index (κ2) is 5.77. The number of anilines is 1. The third-order valence-corrected chi connectivity index (χ3v) is 3.62. The smallest absolute Gasteiger partial charge is 0.227 e. The van der Waals surface area contributed by atoms with Crippen LogP contribution in [0, 0.1) is 0 Å². The molecule has 0 unspecified atom stereocenters. The minimum Gasteiger partial charge on any atom is -0.367 e. The van der Waals surface area contributed by atoms with Crippen LogP contribution in [0.1, 0.15) is 5.56 Å². The van der Waals surface area contributed by atoms with Crippen LogP contribution >= 0.6 is 0 Å². The Labute approximate surface area is 118 Å². The highest BCUT2D eigenvalue weighted by atomic mass is 16.2. The highest BCUT2D eigenvalue weighted by molar-refractivity contribution is 5.79. The summed E-state index contributed by atoms with van der Waals surface area (Å²) < 4.78 is 0. The van der Waals surface area contributed by atoms with Gasteiger partial charge in [0, 0.05) is 44.8 Å². The van der Waals surface area contributed by atoms with Crippen molar-refractivity contribution >= 4 is 11.7 Å². The third kappa shape index (κ3) is 2.82. The number of H-pyrrole nitrogens is 1. The molecule has 20 heavy (non-hydrogen) atoms. The van der Waals surface area contributed by atoms with E-state index in [1.54, 1.807) is 6.20 Å². The molecule has 0 saturated carbocycles. The second-order valence-electron chi connectivity index (χ2n) is 4.95. The molecule has 0 aromatic carbocycles. The Balaban J connectivity index is 1.54. The Morgan fingerprint density at radius 1 is 1.20 bits per heavy atom. The molecule has 1 saturated heterocycles. The molecule has 2 aromatic rings. The van der Waals surface area contributed by atoms with E-state index in [0.29, 0.717) is 6.42 Å². The lowest BCUT2D eigenvalue weighted by Gasteiger charge is -2.35. The number of nitrogens with one attached hydrogen (secondary N) is 1. The zero-order chi connectivity index (χ0) is 13.8. The number of rotatable bonds is 3. The third-order valence-electron chi connectivity index (χ3n) is 3.62. The molecule has 1 amide bonds. The molecule has 1 aliphatic heterocycles. The molecular formula is C15H18N4O. The van der Waals surface area contributed by atoms with Gasteiger partial charge < -0.3 is 14.8 Å². The van der Waals surface area contributed by atoms with Crippen LogP contribution < -0.4 is 4.90 Å². The zero-order valence-electron chi connectivity index (χ0n) is 11.3. The number of aromatic amines is 1. The minimum atomic E-state index is 0.199. The molecule has 1 aliphatic rings. The summed E-state index contributed by atoms with van der Waals surface area (Å²) >= 11 is 0. The topological polar surface area (TPSA) is 52.2 Å². The fourth-order valence-corrected chi connectivity index (χ4v) is 2.48. The zero-order valence-corrected chi connectivity index (χ0v) is 11.3. The highest BCUT2D eigenvalue weighted by Crippen LogP contribution is 2.13. The molecule has 0 bridgehead atoms. The van der Waals surface area contributed by atoms with Crippen molar-refractivity contribution in [2.45, 2.75) is 6.42 Å². The van der Waals surface area contributed by atoms with E-state index >= 15 is 0 Å². The van der Waals surface area contributed by atoms with Gasteiger partial charge in [-0.3, -0.25) is 4.79 Å². The van der Waals surface area contributed by atoms with Gasteiger partial charge in [-0.15, -0.1) is 0 Å². The first-order valence-corrected chi connectivity index (χ1v) is 6.88. The lowest BCUT2D eigenvalue weighted by molar-refractivity contribution is -0.130. The number of amides is 1. The summed E-state index contributed by atoms with van der Waals surface area (Å²) in [5, 5.41) is 0. The predicted octanol–water partition coefficient (Wildman–Crippen LogP) is 1.30. The van der Waals surface area contributed by atoms with Crippen LogP contribution in [0.4, 0.5) is 5.82 Å². The fraction of sp³-hybridized carbons (Fsp3) is 0.333. The maximum Gasteiger partial charge on any atom is 0.227 e. The van der Waals surface area contributed by atoms with Gasteiger partial charge in [0.15, 0.2) is 0 Å². The van der Waals surface area contributed by atoms with Crippen molar-refractivity contribution in [1.29, 1.82) is 0 Å². The Kier molecular flexibility index (Phi) is 3.67. The quantitative estimate of drug-likeness (QED) is 0.914. The van der Waals surface area contributed by atoms with Crippen molar-refractivity contribution in [1.82, 2.24) is 14.9 Å². The van der Waals surface area contributed by atoms with Crippen LogP contribution in [0.3, 0.4) is 0 Å². The summed E-state index contributed by atoms with van der Waals surface area (Å²) in [4.78, 5) is 23.7. The van der Waals surface area contributed by atoms with Gasteiger partial charge in [-0.2, -0.15) is 0 Å². The van der Waals surface area contributed by atoms with Gasteiger partial charge in [-0.05, 0) is 23.8 Å². The fourth-order valence-electron chi connectivity index (χ4n) is 2.48. The summed E-state index contributed by atoms with van der Waals surface area (Å²) in [5.74, 6) is 1.19. The van der Waals surface area contributed by atoms with Crippen molar-refractivity contribution in [3.05, 3.63) is 48.4 Å². The molecular weight excluding hydrogens is 252 g/mol. The second-order valence-corrected chi connectivity index (χ2v) is 4.95. The molecule has 104 valence electrons. The lowest BCUT2D eigenvalue weighted by atomic mass is 10.2. The van der Waals surface area contributed by atoms with Gasteiger partial charge in [-0.1, -0.05) is 6.07 Å². The van der Waals surface area contributed by atoms with Crippen LogP contribution in [0.5, 0.6) is 0 Å². The average Bonchev–Trinajstić information content (AvgIpc) is 3.01. The molecule has 5 nitrogen and oxygen atoms in total. The van der Waals surface area contributed by atoms with E-state index in [1.165, 1.54) is 0 Å².